The minimum Gasteiger partial charge on any atom is -0.315 e. The van der Waals surface area contributed by atoms with Crippen molar-refractivity contribution in [2.75, 3.05) is 20.1 Å². The fraction of sp³-hybridized carbons (Fsp3) is 1.00. The first-order valence-corrected chi connectivity index (χ1v) is 8.66. The maximum Gasteiger partial charge on any atom is 0.0246 e. The van der Waals surface area contributed by atoms with Gasteiger partial charge in [0, 0.05) is 12.1 Å². The van der Waals surface area contributed by atoms with Crippen molar-refractivity contribution in [1.29, 1.82) is 0 Å². The van der Waals surface area contributed by atoms with Crippen LogP contribution in [0.15, 0.2) is 0 Å². The molecule has 2 heteroatoms. The Balaban J connectivity index is 1.90. The summed E-state index contributed by atoms with van der Waals surface area (Å²) in [5.41, 5.74) is 0.759. The molecular formula is C17H34N2. The highest BCUT2D eigenvalue weighted by Gasteiger charge is 2.38. The van der Waals surface area contributed by atoms with Crippen LogP contribution in [-0.2, 0) is 0 Å². The van der Waals surface area contributed by atoms with Crippen LogP contribution in [0.1, 0.15) is 71.6 Å². The van der Waals surface area contributed by atoms with E-state index in [1.54, 1.807) is 0 Å². The van der Waals surface area contributed by atoms with Gasteiger partial charge in [-0.1, -0.05) is 33.1 Å². The summed E-state index contributed by atoms with van der Waals surface area (Å²) < 4.78 is 0. The van der Waals surface area contributed by atoms with Crippen LogP contribution >= 0.6 is 0 Å². The normalized spacial score (nSPS) is 26.7. The monoisotopic (exact) mass is 266 g/mol. The minimum atomic E-state index is 0.688. The number of rotatable bonds is 6. The summed E-state index contributed by atoms with van der Waals surface area (Å²) in [6, 6.07) is 1.44. The first kappa shape index (κ1) is 15.3. The molecule has 2 atom stereocenters. The molecule has 0 bridgehead atoms. The first-order chi connectivity index (χ1) is 9.24. The van der Waals surface area contributed by atoms with Gasteiger partial charge in [0.05, 0.1) is 0 Å². The van der Waals surface area contributed by atoms with Crippen molar-refractivity contribution in [2.45, 2.75) is 83.7 Å². The number of hydrogen-bond donors (Lipinski definition) is 1. The molecule has 1 heterocycles. The zero-order chi connectivity index (χ0) is 13.7. The Kier molecular flexibility index (Phi) is 5.70. The van der Waals surface area contributed by atoms with Crippen molar-refractivity contribution in [3.05, 3.63) is 0 Å². The van der Waals surface area contributed by atoms with E-state index in [0.29, 0.717) is 6.04 Å². The largest absolute Gasteiger partial charge is 0.315 e. The van der Waals surface area contributed by atoms with Crippen molar-refractivity contribution in [1.82, 2.24) is 10.2 Å². The third kappa shape index (κ3) is 3.52. The summed E-state index contributed by atoms with van der Waals surface area (Å²) >= 11 is 0. The second kappa shape index (κ2) is 7.08. The quantitative estimate of drug-likeness (QED) is 0.786. The fourth-order valence-corrected chi connectivity index (χ4v) is 4.59. The second-order valence-corrected chi connectivity index (χ2v) is 6.90. The van der Waals surface area contributed by atoms with Crippen LogP contribution in [0, 0.1) is 5.41 Å². The van der Waals surface area contributed by atoms with Crippen molar-refractivity contribution in [2.24, 2.45) is 5.41 Å². The van der Waals surface area contributed by atoms with Gasteiger partial charge in [0.1, 0.15) is 0 Å². The highest BCUT2D eigenvalue weighted by atomic mass is 15.2. The summed E-state index contributed by atoms with van der Waals surface area (Å²) in [4.78, 5) is 2.79. The summed E-state index contributed by atoms with van der Waals surface area (Å²) in [6.07, 6.45) is 12.8. The van der Waals surface area contributed by atoms with Crippen LogP contribution in [0.25, 0.3) is 0 Å². The molecule has 1 spiro atoms. The molecule has 2 rings (SSSR count). The fourth-order valence-electron chi connectivity index (χ4n) is 4.59. The molecule has 2 fully saturated rings. The van der Waals surface area contributed by atoms with Crippen molar-refractivity contribution in [3.8, 4) is 0 Å². The van der Waals surface area contributed by atoms with Gasteiger partial charge < -0.3 is 5.32 Å². The lowest BCUT2D eigenvalue weighted by atomic mass is 9.76. The van der Waals surface area contributed by atoms with Crippen molar-refractivity contribution < 1.29 is 0 Å². The molecule has 0 amide bonds. The topological polar surface area (TPSA) is 15.3 Å². The molecule has 1 aliphatic heterocycles. The molecule has 2 unspecified atom stereocenters. The van der Waals surface area contributed by atoms with Gasteiger partial charge in [-0.3, -0.25) is 4.90 Å². The van der Waals surface area contributed by atoms with Crippen LogP contribution in [0.4, 0.5) is 0 Å². The van der Waals surface area contributed by atoms with Gasteiger partial charge >= 0.3 is 0 Å². The van der Waals surface area contributed by atoms with Gasteiger partial charge in [0.2, 0.25) is 0 Å². The van der Waals surface area contributed by atoms with E-state index in [-0.39, 0.29) is 0 Å². The Hall–Kier alpha value is -0.0800. The summed E-state index contributed by atoms with van der Waals surface area (Å²) in [7, 11) is 2.14. The number of likely N-dealkylation sites (tertiary alicyclic amines) is 1. The number of piperidine rings is 1. The molecule has 1 aliphatic carbocycles. The van der Waals surface area contributed by atoms with Crippen LogP contribution < -0.4 is 5.32 Å². The van der Waals surface area contributed by atoms with E-state index in [0.717, 1.165) is 11.5 Å². The maximum atomic E-state index is 3.57. The number of hydrogen-bond acceptors (Lipinski definition) is 2. The molecule has 1 saturated carbocycles. The highest BCUT2D eigenvalue weighted by Crippen LogP contribution is 2.46. The molecule has 1 N–H and O–H groups in total. The third-order valence-corrected chi connectivity index (χ3v) is 5.85. The SMILES string of the molecule is CCCC(NC)C(CC)N1CCC2(CCCC2)CC1. The van der Waals surface area contributed by atoms with E-state index in [9.17, 15) is 0 Å². The molecule has 2 aliphatic rings. The number of nitrogens with zero attached hydrogens (tertiary/aromatic N) is 1. The van der Waals surface area contributed by atoms with Crippen LogP contribution in [-0.4, -0.2) is 37.1 Å². The Bertz CT molecular complexity index is 248. The molecule has 19 heavy (non-hydrogen) atoms. The van der Waals surface area contributed by atoms with Crippen LogP contribution in [0.5, 0.6) is 0 Å². The minimum absolute atomic E-state index is 0.688. The Morgan fingerprint density at radius 2 is 1.68 bits per heavy atom. The number of nitrogens with one attached hydrogen (secondary N) is 1. The van der Waals surface area contributed by atoms with E-state index >= 15 is 0 Å². The van der Waals surface area contributed by atoms with Gasteiger partial charge in [-0.25, -0.2) is 0 Å². The highest BCUT2D eigenvalue weighted by molar-refractivity contribution is 4.93. The lowest BCUT2D eigenvalue weighted by molar-refractivity contribution is 0.0584. The lowest BCUT2D eigenvalue weighted by Crippen LogP contribution is -2.52. The van der Waals surface area contributed by atoms with Gasteiger partial charge in [0.25, 0.3) is 0 Å². The zero-order valence-corrected chi connectivity index (χ0v) is 13.4. The number of likely N-dealkylation sites (N-methyl/N-ethyl adjacent to an activating group) is 1. The third-order valence-electron chi connectivity index (χ3n) is 5.85. The summed E-state index contributed by atoms with van der Waals surface area (Å²) in [5.74, 6) is 0. The van der Waals surface area contributed by atoms with Crippen molar-refractivity contribution >= 4 is 0 Å². The molecule has 1 saturated heterocycles. The summed E-state index contributed by atoms with van der Waals surface area (Å²) in [6.45, 7) is 7.37. The average Bonchev–Trinajstić information content (AvgIpc) is 2.89. The van der Waals surface area contributed by atoms with E-state index < -0.39 is 0 Å². The molecule has 2 nitrogen and oxygen atoms in total. The van der Waals surface area contributed by atoms with Crippen LogP contribution in [0.3, 0.4) is 0 Å². The molecular weight excluding hydrogens is 232 g/mol. The first-order valence-electron chi connectivity index (χ1n) is 8.66. The lowest BCUT2D eigenvalue weighted by Gasteiger charge is -2.45. The average molecular weight is 266 g/mol. The predicted molar refractivity (Wildman–Crippen MR) is 83.5 cm³/mol. The molecule has 0 aromatic heterocycles. The van der Waals surface area contributed by atoms with E-state index in [1.165, 1.54) is 70.9 Å². The smallest absolute Gasteiger partial charge is 0.0246 e. The standard InChI is InChI=1S/C17H34N2/c1-4-8-15(18-3)16(5-2)19-13-11-17(12-14-19)9-6-7-10-17/h15-16,18H,4-14H2,1-3H3. The van der Waals surface area contributed by atoms with E-state index in [2.05, 4.69) is 31.1 Å². The molecule has 0 aromatic rings. The maximum absolute atomic E-state index is 3.57. The molecule has 0 radical (unpaired) electrons. The molecule has 112 valence electrons. The van der Waals surface area contributed by atoms with E-state index in [1.807, 2.05) is 0 Å². The van der Waals surface area contributed by atoms with Gasteiger partial charge in [0.15, 0.2) is 0 Å². The summed E-state index contributed by atoms with van der Waals surface area (Å²) in [5, 5.41) is 3.57. The Morgan fingerprint density at radius 3 is 2.16 bits per heavy atom. The molecule has 0 aromatic carbocycles. The van der Waals surface area contributed by atoms with Gasteiger partial charge in [-0.05, 0) is 64.1 Å². The van der Waals surface area contributed by atoms with E-state index in [4.69, 9.17) is 0 Å². The zero-order valence-electron chi connectivity index (χ0n) is 13.4. The van der Waals surface area contributed by atoms with Gasteiger partial charge in [-0.2, -0.15) is 0 Å². The Morgan fingerprint density at radius 1 is 1.05 bits per heavy atom. The predicted octanol–water partition coefficient (Wildman–Crippen LogP) is 3.81. The Labute approximate surface area is 120 Å². The van der Waals surface area contributed by atoms with Crippen molar-refractivity contribution in [3.63, 3.8) is 0 Å². The van der Waals surface area contributed by atoms with Gasteiger partial charge in [-0.15, -0.1) is 0 Å². The van der Waals surface area contributed by atoms with Crippen LogP contribution in [0.2, 0.25) is 0 Å². The second-order valence-electron chi connectivity index (χ2n) is 6.90.